The Labute approximate surface area is 204 Å². The van der Waals surface area contributed by atoms with Crippen LogP contribution in [0.25, 0.3) is 22.2 Å². The Bertz CT molecular complexity index is 1330. The van der Waals surface area contributed by atoms with Gasteiger partial charge in [0.2, 0.25) is 0 Å². The monoisotopic (exact) mass is 473 g/mol. The molecule has 182 valence electrons. The number of rotatable bonds is 8. The average molecular weight is 474 g/mol. The van der Waals surface area contributed by atoms with Gasteiger partial charge in [0.15, 0.2) is 5.82 Å². The normalized spacial score (nSPS) is 11.5. The molecular weight excluding hydrogens is 442 g/mol. The van der Waals surface area contributed by atoms with Crippen molar-refractivity contribution < 1.29 is 9.32 Å². The predicted molar refractivity (Wildman–Crippen MR) is 139 cm³/mol. The van der Waals surface area contributed by atoms with Gasteiger partial charge in [-0.15, -0.1) is 6.58 Å². The highest BCUT2D eigenvalue weighted by Crippen LogP contribution is 2.33. The number of nitrogen functional groups attached to an aromatic ring is 1. The summed E-state index contributed by atoms with van der Waals surface area (Å²) in [6.45, 7) is 10.7. The van der Waals surface area contributed by atoms with Crippen molar-refractivity contribution in [2.24, 2.45) is 0 Å². The first-order valence-electron chi connectivity index (χ1n) is 11.6. The molecule has 0 aliphatic heterocycles. The second-order valence-electron chi connectivity index (χ2n) is 9.46. The molecule has 0 radical (unpaired) electrons. The molecule has 35 heavy (non-hydrogen) atoms. The van der Waals surface area contributed by atoms with Crippen LogP contribution in [0.4, 0.5) is 22.1 Å². The van der Waals surface area contributed by atoms with E-state index in [-0.39, 0.29) is 5.41 Å². The van der Waals surface area contributed by atoms with Crippen molar-refractivity contribution in [1.29, 1.82) is 0 Å². The molecule has 0 aliphatic rings. The number of urea groups is 1. The number of nitrogens with zero attached hydrogens (tertiary/aromatic N) is 4. The molecule has 9 nitrogen and oxygen atoms in total. The second kappa shape index (κ2) is 10.0. The van der Waals surface area contributed by atoms with Crippen LogP contribution in [0.15, 0.2) is 60.0 Å². The standard InChI is InChI=1S/C26H31N7O2/c1-5-6-7-8-13-33-15-19(22-23(27)28-16-29-24(22)33)17-9-11-18(12-10-17)30-25(34)31-21-14-20(35-32-21)26(2,3)4/h5,9-12,14-16H,1,6-8,13H2,2-4H3,(H2,27,28,29)(H2,30,31,32,34). The first-order valence-corrected chi connectivity index (χ1v) is 11.6. The number of benzene rings is 1. The zero-order valence-electron chi connectivity index (χ0n) is 20.3. The molecule has 0 atom stereocenters. The van der Waals surface area contributed by atoms with Gasteiger partial charge in [0.05, 0.1) is 5.39 Å². The molecule has 0 unspecified atom stereocenters. The van der Waals surface area contributed by atoms with Crippen LogP contribution >= 0.6 is 0 Å². The van der Waals surface area contributed by atoms with E-state index in [0.717, 1.165) is 48.0 Å². The number of hydrogen-bond acceptors (Lipinski definition) is 6. The molecule has 4 N–H and O–H groups in total. The zero-order chi connectivity index (χ0) is 25.0. The first kappa shape index (κ1) is 24.0. The van der Waals surface area contributed by atoms with Crippen molar-refractivity contribution in [3.8, 4) is 11.1 Å². The van der Waals surface area contributed by atoms with Crippen molar-refractivity contribution in [2.45, 2.75) is 52.0 Å². The van der Waals surface area contributed by atoms with Gasteiger partial charge >= 0.3 is 6.03 Å². The summed E-state index contributed by atoms with van der Waals surface area (Å²) in [5.74, 6) is 1.50. The topological polar surface area (TPSA) is 124 Å². The van der Waals surface area contributed by atoms with Crippen molar-refractivity contribution in [1.82, 2.24) is 19.7 Å². The van der Waals surface area contributed by atoms with E-state index in [1.807, 2.05) is 51.1 Å². The third-order valence-corrected chi connectivity index (χ3v) is 5.68. The summed E-state index contributed by atoms with van der Waals surface area (Å²) in [7, 11) is 0. The summed E-state index contributed by atoms with van der Waals surface area (Å²) < 4.78 is 7.43. The number of aryl methyl sites for hydroxylation is 1. The van der Waals surface area contributed by atoms with E-state index < -0.39 is 6.03 Å². The van der Waals surface area contributed by atoms with Gasteiger partial charge in [-0.1, -0.05) is 44.1 Å². The van der Waals surface area contributed by atoms with Crippen LogP contribution in [-0.4, -0.2) is 25.7 Å². The van der Waals surface area contributed by atoms with Crippen LogP contribution in [0.2, 0.25) is 0 Å². The molecule has 4 rings (SSSR count). The number of aromatic nitrogens is 4. The highest BCUT2D eigenvalue weighted by Gasteiger charge is 2.20. The Morgan fingerprint density at radius 1 is 1.17 bits per heavy atom. The lowest BCUT2D eigenvalue weighted by molar-refractivity contribution is 0.262. The number of unbranched alkanes of at least 4 members (excludes halogenated alkanes) is 2. The van der Waals surface area contributed by atoms with Crippen LogP contribution in [0.5, 0.6) is 0 Å². The molecule has 0 aliphatic carbocycles. The maximum Gasteiger partial charge on any atom is 0.324 e. The number of fused-ring (bicyclic) bond motifs is 1. The Morgan fingerprint density at radius 3 is 2.63 bits per heavy atom. The Balaban J connectivity index is 1.49. The lowest BCUT2D eigenvalue weighted by Gasteiger charge is -2.12. The van der Waals surface area contributed by atoms with Crippen molar-refractivity contribution in [3.63, 3.8) is 0 Å². The molecular formula is C26H31N7O2. The van der Waals surface area contributed by atoms with Gasteiger partial charge in [0.1, 0.15) is 23.6 Å². The molecule has 9 heteroatoms. The number of nitrogens with one attached hydrogen (secondary N) is 2. The number of hydrogen-bond donors (Lipinski definition) is 3. The first-order chi connectivity index (χ1) is 16.8. The van der Waals surface area contributed by atoms with Gasteiger partial charge in [-0.05, 0) is 37.0 Å². The van der Waals surface area contributed by atoms with Crippen LogP contribution < -0.4 is 16.4 Å². The smallest absolute Gasteiger partial charge is 0.324 e. The van der Waals surface area contributed by atoms with Gasteiger partial charge in [0, 0.05) is 35.5 Å². The maximum absolute atomic E-state index is 12.4. The fraction of sp³-hybridized carbons (Fsp3) is 0.308. The number of amides is 2. The third kappa shape index (κ3) is 5.51. The van der Waals surface area contributed by atoms with Gasteiger partial charge in [0.25, 0.3) is 0 Å². The number of carbonyl (C=O) groups excluding carboxylic acids is 1. The van der Waals surface area contributed by atoms with Gasteiger partial charge < -0.3 is 20.1 Å². The Morgan fingerprint density at radius 2 is 1.94 bits per heavy atom. The van der Waals surface area contributed by atoms with E-state index in [4.69, 9.17) is 10.3 Å². The lowest BCUT2D eigenvalue weighted by Crippen LogP contribution is -2.19. The van der Waals surface area contributed by atoms with Crippen molar-refractivity contribution >= 4 is 34.4 Å². The quantitative estimate of drug-likeness (QED) is 0.214. The minimum absolute atomic E-state index is 0.192. The minimum atomic E-state index is -0.403. The average Bonchev–Trinajstić information content (AvgIpc) is 3.43. The van der Waals surface area contributed by atoms with Gasteiger partial charge in [-0.25, -0.2) is 14.8 Å². The Hall–Kier alpha value is -4.14. The van der Waals surface area contributed by atoms with Gasteiger partial charge in [-0.3, -0.25) is 5.32 Å². The molecule has 2 amide bonds. The summed E-state index contributed by atoms with van der Waals surface area (Å²) in [4.78, 5) is 21.1. The highest BCUT2D eigenvalue weighted by molar-refractivity contribution is 6.02. The van der Waals surface area contributed by atoms with E-state index in [9.17, 15) is 4.79 Å². The molecule has 0 bridgehead atoms. The highest BCUT2D eigenvalue weighted by atomic mass is 16.5. The lowest BCUT2D eigenvalue weighted by atomic mass is 9.93. The van der Waals surface area contributed by atoms with Crippen LogP contribution in [0, 0.1) is 0 Å². The van der Waals surface area contributed by atoms with Crippen molar-refractivity contribution in [2.75, 3.05) is 16.4 Å². The molecule has 4 aromatic rings. The van der Waals surface area contributed by atoms with Gasteiger partial charge in [-0.2, -0.15) is 0 Å². The summed E-state index contributed by atoms with van der Waals surface area (Å²) in [6.07, 6.45) is 8.56. The largest absolute Gasteiger partial charge is 0.383 e. The third-order valence-electron chi connectivity index (χ3n) is 5.68. The fourth-order valence-electron chi connectivity index (χ4n) is 3.81. The summed E-state index contributed by atoms with van der Waals surface area (Å²) in [6, 6.07) is 8.87. The molecule has 0 fully saturated rings. The number of nitrogens with two attached hydrogens (primary N) is 1. The van der Waals surface area contributed by atoms with Crippen LogP contribution in [0.1, 0.15) is 45.8 Å². The van der Waals surface area contributed by atoms with E-state index in [1.54, 1.807) is 6.07 Å². The molecule has 0 saturated heterocycles. The summed E-state index contributed by atoms with van der Waals surface area (Å²) >= 11 is 0. The predicted octanol–water partition coefficient (Wildman–Crippen LogP) is 5.97. The second-order valence-corrected chi connectivity index (χ2v) is 9.46. The number of anilines is 3. The van der Waals surface area contributed by atoms with E-state index >= 15 is 0 Å². The molecule has 3 aromatic heterocycles. The fourth-order valence-corrected chi connectivity index (χ4v) is 3.81. The van der Waals surface area contributed by atoms with Crippen LogP contribution in [0.3, 0.4) is 0 Å². The zero-order valence-corrected chi connectivity index (χ0v) is 20.3. The molecule has 0 saturated carbocycles. The van der Waals surface area contributed by atoms with E-state index in [2.05, 4.69) is 43.1 Å². The van der Waals surface area contributed by atoms with Crippen LogP contribution in [-0.2, 0) is 12.0 Å². The summed E-state index contributed by atoms with van der Waals surface area (Å²) in [5.41, 5.74) is 9.40. The minimum Gasteiger partial charge on any atom is -0.383 e. The van der Waals surface area contributed by atoms with E-state index in [0.29, 0.717) is 23.1 Å². The summed E-state index contributed by atoms with van der Waals surface area (Å²) in [5, 5.41) is 10.3. The van der Waals surface area contributed by atoms with E-state index in [1.165, 1.54) is 6.33 Å². The Kier molecular flexibility index (Phi) is 6.86. The SMILES string of the molecule is C=CCCCCn1cc(-c2ccc(NC(=O)Nc3cc(C(C)(C)C)on3)cc2)c2c(N)ncnc21. The molecule has 3 heterocycles. The molecule has 0 spiro atoms. The maximum atomic E-state index is 12.4. The molecule has 1 aromatic carbocycles. The van der Waals surface area contributed by atoms with Crippen molar-refractivity contribution in [3.05, 3.63) is 61.3 Å². The number of carbonyl (C=O) groups is 1. The number of allylic oxidation sites excluding steroid dienone is 1.